The molecule has 34 heavy (non-hydrogen) atoms. The summed E-state index contributed by atoms with van der Waals surface area (Å²) in [6, 6.07) is 9.66. The van der Waals surface area contributed by atoms with Crippen molar-refractivity contribution in [2.75, 3.05) is 48.8 Å². The molecule has 3 aromatic rings. The fourth-order valence-corrected chi connectivity index (χ4v) is 4.24. The number of hydrogen-bond donors (Lipinski definition) is 3. The second-order valence-corrected chi connectivity index (χ2v) is 9.25. The van der Waals surface area contributed by atoms with Crippen molar-refractivity contribution < 1.29 is 4.79 Å². The third-order valence-corrected chi connectivity index (χ3v) is 6.32. The van der Waals surface area contributed by atoms with Crippen LogP contribution in [0.15, 0.2) is 40.4 Å². The molecule has 1 aromatic carbocycles. The van der Waals surface area contributed by atoms with Crippen LogP contribution in [0.2, 0.25) is 0 Å². The number of H-pyrrole nitrogens is 1. The van der Waals surface area contributed by atoms with E-state index in [1.165, 1.54) is 11.8 Å². The van der Waals surface area contributed by atoms with Crippen molar-refractivity contribution in [3.8, 4) is 0 Å². The molecule has 0 spiro atoms. The quantitative estimate of drug-likeness (QED) is 0.422. The summed E-state index contributed by atoms with van der Waals surface area (Å²) in [5.74, 6) is 1.80. The lowest BCUT2D eigenvalue weighted by Crippen LogP contribution is -2.45. The molecule has 10 nitrogen and oxygen atoms in total. The summed E-state index contributed by atoms with van der Waals surface area (Å²) < 4.78 is 0. The first kappa shape index (κ1) is 24.0. The molecule has 1 saturated heterocycles. The van der Waals surface area contributed by atoms with E-state index in [-0.39, 0.29) is 5.91 Å². The van der Waals surface area contributed by atoms with Gasteiger partial charge in [0.05, 0.1) is 0 Å². The van der Waals surface area contributed by atoms with E-state index in [9.17, 15) is 4.79 Å². The van der Waals surface area contributed by atoms with Crippen molar-refractivity contribution >= 4 is 41.1 Å². The molecule has 0 unspecified atom stereocenters. The summed E-state index contributed by atoms with van der Waals surface area (Å²) in [6.45, 7) is 7.61. The number of aromatic amines is 1. The molecule has 1 fully saturated rings. The number of nitrogens with zero attached hydrogens (tertiary/aromatic N) is 6. The van der Waals surface area contributed by atoms with E-state index < -0.39 is 0 Å². The van der Waals surface area contributed by atoms with Crippen LogP contribution in [-0.4, -0.2) is 69.2 Å². The van der Waals surface area contributed by atoms with Gasteiger partial charge in [-0.1, -0.05) is 20.3 Å². The average Bonchev–Trinajstić information content (AvgIpc) is 3.27. The molecule has 0 radical (unpaired) electrons. The van der Waals surface area contributed by atoms with Crippen LogP contribution in [0.3, 0.4) is 0 Å². The smallest absolute Gasteiger partial charge is 0.234 e. The normalized spacial score (nSPS) is 14.3. The van der Waals surface area contributed by atoms with E-state index in [0.29, 0.717) is 29.3 Å². The molecule has 0 bridgehead atoms. The number of anilines is 4. The molecule has 180 valence electrons. The predicted molar refractivity (Wildman–Crippen MR) is 135 cm³/mol. The maximum atomic E-state index is 11.6. The number of carbonyl (C=O) groups excluding carboxylic acids is 1. The number of benzene rings is 1. The first-order valence-electron chi connectivity index (χ1n) is 11.6. The molecular formula is C23H31N9OS. The van der Waals surface area contributed by atoms with Crippen molar-refractivity contribution in [1.29, 1.82) is 0 Å². The van der Waals surface area contributed by atoms with Crippen LogP contribution in [0.1, 0.15) is 32.4 Å². The van der Waals surface area contributed by atoms with Crippen LogP contribution < -0.4 is 15.5 Å². The number of amides is 1. The Hall–Kier alpha value is -3.18. The van der Waals surface area contributed by atoms with Crippen LogP contribution in [0.4, 0.5) is 23.4 Å². The second kappa shape index (κ2) is 11.3. The first-order valence-corrected chi connectivity index (χ1v) is 12.4. The van der Waals surface area contributed by atoms with Gasteiger partial charge >= 0.3 is 0 Å². The summed E-state index contributed by atoms with van der Waals surface area (Å²) in [6.07, 6.45) is 2.43. The Kier molecular flexibility index (Phi) is 7.96. The van der Waals surface area contributed by atoms with E-state index in [1.54, 1.807) is 0 Å². The molecule has 0 saturated carbocycles. The Morgan fingerprint density at radius 3 is 2.56 bits per heavy atom. The van der Waals surface area contributed by atoms with E-state index in [1.807, 2.05) is 37.3 Å². The lowest BCUT2D eigenvalue weighted by atomic mass is 10.2. The van der Waals surface area contributed by atoms with E-state index >= 15 is 0 Å². The molecule has 1 aliphatic rings. The maximum Gasteiger partial charge on any atom is 0.234 e. The van der Waals surface area contributed by atoms with Crippen LogP contribution in [0, 0.1) is 0 Å². The van der Waals surface area contributed by atoms with E-state index in [0.717, 1.165) is 55.3 Å². The number of rotatable bonds is 9. The summed E-state index contributed by atoms with van der Waals surface area (Å²) in [5.41, 5.74) is 1.84. The lowest BCUT2D eigenvalue weighted by molar-refractivity contribution is -0.115. The van der Waals surface area contributed by atoms with Gasteiger partial charge in [-0.05, 0) is 49.5 Å². The highest BCUT2D eigenvalue weighted by Crippen LogP contribution is 2.28. The zero-order valence-electron chi connectivity index (χ0n) is 19.8. The van der Waals surface area contributed by atoms with Crippen molar-refractivity contribution in [1.82, 2.24) is 30.0 Å². The minimum absolute atomic E-state index is 0.00846. The zero-order valence-corrected chi connectivity index (χ0v) is 20.7. The van der Waals surface area contributed by atoms with Crippen LogP contribution in [0.25, 0.3) is 0 Å². The Bertz CT molecular complexity index is 1090. The third-order valence-electron chi connectivity index (χ3n) is 5.45. The van der Waals surface area contributed by atoms with Gasteiger partial charge in [0.15, 0.2) is 11.0 Å². The highest BCUT2D eigenvalue weighted by Gasteiger charge is 2.19. The van der Waals surface area contributed by atoms with Crippen LogP contribution in [0.5, 0.6) is 0 Å². The standard InChI is InChI=1S/C23H31N9OS/c1-4-6-17-15-19(30-29-17)25-21-26-22(32-13-11-31(3)12-14-32)28-23(27-21)34-18-9-7-16(8-10-18)24-20(33)5-2/h7-10,15H,4-6,11-14H2,1-3H3,(H,24,33)(H2,25,26,27,28,29,30). The van der Waals surface area contributed by atoms with Gasteiger partial charge in [-0.15, -0.1) is 0 Å². The van der Waals surface area contributed by atoms with Gasteiger partial charge in [0.1, 0.15) is 0 Å². The van der Waals surface area contributed by atoms with E-state index in [2.05, 4.69) is 54.6 Å². The topological polar surface area (TPSA) is 115 Å². The Morgan fingerprint density at radius 2 is 1.85 bits per heavy atom. The van der Waals surface area contributed by atoms with Crippen molar-refractivity contribution in [2.45, 2.75) is 43.2 Å². The molecule has 0 atom stereocenters. The zero-order chi connectivity index (χ0) is 23.9. The molecule has 1 amide bonds. The number of nitrogens with one attached hydrogen (secondary N) is 3. The Labute approximate surface area is 204 Å². The van der Waals surface area contributed by atoms with Gasteiger partial charge in [-0.25, -0.2) is 0 Å². The predicted octanol–water partition coefficient (Wildman–Crippen LogP) is 3.54. The number of aromatic nitrogens is 5. The summed E-state index contributed by atoms with van der Waals surface area (Å²) in [4.78, 5) is 31.2. The molecule has 4 rings (SSSR count). The highest BCUT2D eigenvalue weighted by atomic mass is 32.2. The fourth-order valence-electron chi connectivity index (χ4n) is 3.49. The summed E-state index contributed by atoms with van der Waals surface area (Å²) in [7, 11) is 2.12. The van der Waals surface area contributed by atoms with Gasteiger partial charge in [-0.2, -0.15) is 20.1 Å². The van der Waals surface area contributed by atoms with Gasteiger partial charge < -0.3 is 20.4 Å². The Morgan fingerprint density at radius 1 is 1.09 bits per heavy atom. The number of likely N-dealkylation sites (N-methyl/N-ethyl adjacent to an activating group) is 1. The first-order chi connectivity index (χ1) is 16.5. The number of aryl methyl sites for hydroxylation is 1. The summed E-state index contributed by atoms with van der Waals surface area (Å²) in [5, 5.41) is 14.1. The highest BCUT2D eigenvalue weighted by molar-refractivity contribution is 7.99. The fraction of sp³-hybridized carbons (Fsp3) is 0.435. The molecule has 1 aliphatic heterocycles. The average molecular weight is 482 g/mol. The molecule has 2 aromatic heterocycles. The monoisotopic (exact) mass is 481 g/mol. The SMILES string of the molecule is CCCc1cc(Nc2nc(Sc3ccc(NC(=O)CC)cc3)nc(N3CCN(C)CC3)n2)n[nH]1. The van der Waals surface area contributed by atoms with E-state index in [4.69, 9.17) is 4.98 Å². The second-order valence-electron chi connectivity index (χ2n) is 8.21. The third kappa shape index (κ3) is 6.45. The summed E-state index contributed by atoms with van der Waals surface area (Å²) >= 11 is 1.46. The number of piperazine rings is 1. The minimum atomic E-state index is -0.00846. The molecular weight excluding hydrogens is 450 g/mol. The largest absolute Gasteiger partial charge is 0.338 e. The molecule has 3 N–H and O–H groups in total. The van der Waals surface area contributed by atoms with Crippen LogP contribution >= 0.6 is 11.8 Å². The van der Waals surface area contributed by atoms with Crippen molar-refractivity contribution in [2.24, 2.45) is 0 Å². The van der Waals surface area contributed by atoms with Gasteiger partial charge in [0.2, 0.25) is 17.8 Å². The van der Waals surface area contributed by atoms with Crippen LogP contribution in [-0.2, 0) is 11.2 Å². The van der Waals surface area contributed by atoms with Gasteiger partial charge in [0.25, 0.3) is 0 Å². The van der Waals surface area contributed by atoms with Crippen molar-refractivity contribution in [3.63, 3.8) is 0 Å². The molecule has 3 heterocycles. The lowest BCUT2D eigenvalue weighted by Gasteiger charge is -2.32. The number of carbonyl (C=O) groups is 1. The van der Waals surface area contributed by atoms with Gasteiger partial charge in [0, 0.05) is 54.9 Å². The Balaban J connectivity index is 1.55. The minimum Gasteiger partial charge on any atom is -0.338 e. The number of hydrogen-bond acceptors (Lipinski definition) is 9. The molecule has 11 heteroatoms. The van der Waals surface area contributed by atoms with Gasteiger partial charge in [-0.3, -0.25) is 9.89 Å². The van der Waals surface area contributed by atoms with Crippen molar-refractivity contribution in [3.05, 3.63) is 36.0 Å². The maximum absolute atomic E-state index is 11.6. The molecule has 0 aliphatic carbocycles.